The zero-order valence-corrected chi connectivity index (χ0v) is 13.4. The molecular formula is C14H22N4O2S. The third-order valence-corrected chi connectivity index (χ3v) is 5.26. The summed E-state index contributed by atoms with van der Waals surface area (Å²) in [5, 5.41) is 8.00. The number of hydrogen-bond donors (Lipinski definition) is 0. The van der Waals surface area contributed by atoms with Crippen molar-refractivity contribution in [3.8, 4) is 0 Å². The van der Waals surface area contributed by atoms with Crippen molar-refractivity contribution in [2.24, 2.45) is 0 Å². The quantitative estimate of drug-likeness (QED) is 0.843. The molecule has 21 heavy (non-hydrogen) atoms. The van der Waals surface area contributed by atoms with Gasteiger partial charge >= 0.3 is 0 Å². The highest BCUT2D eigenvalue weighted by molar-refractivity contribution is 7.99. The van der Waals surface area contributed by atoms with E-state index in [1.165, 1.54) is 0 Å². The fourth-order valence-electron chi connectivity index (χ4n) is 3.09. The van der Waals surface area contributed by atoms with Gasteiger partial charge in [0.1, 0.15) is 6.04 Å². The summed E-state index contributed by atoms with van der Waals surface area (Å²) in [6, 6.07) is -0.101. The highest BCUT2D eigenvalue weighted by atomic mass is 32.2. The van der Waals surface area contributed by atoms with Crippen molar-refractivity contribution in [3.05, 3.63) is 11.8 Å². The van der Waals surface area contributed by atoms with E-state index in [2.05, 4.69) is 15.1 Å². The van der Waals surface area contributed by atoms with Crippen LogP contribution in [0.2, 0.25) is 0 Å². The van der Waals surface area contributed by atoms with E-state index in [1.807, 2.05) is 23.6 Å². The standard InChI is InChI=1S/C14H22N4O2S/c1-10(17-6-8-21-9-7-17)14(19)18-5-3-4-12(18)13-16-15-11(2)20-13/h10,12H,3-9H2,1-2H3/t10-,12+/m1/s1. The summed E-state index contributed by atoms with van der Waals surface area (Å²) in [7, 11) is 0. The maximum absolute atomic E-state index is 12.8. The van der Waals surface area contributed by atoms with Gasteiger partial charge in [-0.15, -0.1) is 10.2 Å². The van der Waals surface area contributed by atoms with Crippen LogP contribution >= 0.6 is 11.8 Å². The Hall–Kier alpha value is -1.08. The number of aryl methyl sites for hydroxylation is 1. The van der Waals surface area contributed by atoms with E-state index < -0.39 is 0 Å². The summed E-state index contributed by atoms with van der Waals surface area (Å²) in [5.41, 5.74) is 0. The topological polar surface area (TPSA) is 62.5 Å². The molecule has 1 aromatic rings. The molecule has 3 heterocycles. The molecule has 6 nitrogen and oxygen atoms in total. The normalized spacial score (nSPS) is 25.2. The first-order valence-corrected chi connectivity index (χ1v) is 8.74. The molecule has 2 aliphatic heterocycles. The fraction of sp³-hybridized carbons (Fsp3) is 0.786. The number of thioether (sulfide) groups is 1. The van der Waals surface area contributed by atoms with Gasteiger partial charge in [0.2, 0.25) is 17.7 Å². The molecule has 2 atom stereocenters. The molecule has 0 radical (unpaired) electrons. The van der Waals surface area contributed by atoms with Crippen LogP contribution < -0.4 is 0 Å². The van der Waals surface area contributed by atoms with Gasteiger partial charge in [-0.05, 0) is 19.8 Å². The molecule has 1 amide bonds. The second-order valence-electron chi connectivity index (χ2n) is 5.67. The lowest BCUT2D eigenvalue weighted by molar-refractivity contribution is -0.137. The van der Waals surface area contributed by atoms with Gasteiger partial charge in [0.15, 0.2) is 0 Å². The summed E-state index contributed by atoms with van der Waals surface area (Å²) in [4.78, 5) is 17.0. The predicted molar refractivity (Wildman–Crippen MR) is 81.1 cm³/mol. The van der Waals surface area contributed by atoms with Crippen molar-refractivity contribution in [3.63, 3.8) is 0 Å². The van der Waals surface area contributed by atoms with Crippen LogP contribution in [0.4, 0.5) is 0 Å². The van der Waals surface area contributed by atoms with Gasteiger partial charge in [0.05, 0.1) is 6.04 Å². The van der Waals surface area contributed by atoms with Crippen LogP contribution in [-0.2, 0) is 4.79 Å². The van der Waals surface area contributed by atoms with Crippen LogP contribution in [0.25, 0.3) is 0 Å². The molecule has 0 unspecified atom stereocenters. The minimum Gasteiger partial charge on any atom is -0.423 e. The van der Waals surface area contributed by atoms with Crippen molar-refractivity contribution in [1.29, 1.82) is 0 Å². The molecule has 0 saturated carbocycles. The number of carbonyl (C=O) groups is 1. The highest BCUT2D eigenvalue weighted by Crippen LogP contribution is 2.32. The summed E-state index contributed by atoms with van der Waals surface area (Å²) >= 11 is 1.96. The number of amides is 1. The van der Waals surface area contributed by atoms with E-state index in [0.717, 1.165) is 44.0 Å². The zero-order chi connectivity index (χ0) is 14.8. The molecule has 7 heteroatoms. The van der Waals surface area contributed by atoms with Crippen molar-refractivity contribution >= 4 is 17.7 Å². The number of aromatic nitrogens is 2. The summed E-state index contributed by atoms with van der Waals surface area (Å²) in [6.07, 6.45) is 1.91. The summed E-state index contributed by atoms with van der Waals surface area (Å²) < 4.78 is 5.54. The van der Waals surface area contributed by atoms with Crippen molar-refractivity contribution in [2.75, 3.05) is 31.1 Å². The monoisotopic (exact) mass is 310 g/mol. The molecule has 3 rings (SSSR count). The van der Waals surface area contributed by atoms with E-state index in [0.29, 0.717) is 11.8 Å². The van der Waals surface area contributed by atoms with E-state index in [-0.39, 0.29) is 18.0 Å². The van der Waals surface area contributed by atoms with E-state index >= 15 is 0 Å². The van der Waals surface area contributed by atoms with Crippen molar-refractivity contribution < 1.29 is 9.21 Å². The van der Waals surface area contributed by atoms with Gasteiger partial charge in [0, 0.05) is 38.1 Å². The van der Waals surface area contributed by atoms with E-state index in [1.54, 1.807) is 6.92 Å². The van der Waals surface area contributed by atoms with Crippen LogP contribution in [0.15, 0.2) is 4.42 Å². The van der Waals surface area contributed by atoms with Crippen LogP contribution in [0.3, 0.4) is 0 Å². The van der Waals surface area contributed by atoms with Gasteiger partial charge < -0.3 is 9.32 Å². The van der Waals surface area contributed by atoms with Gasteiger partial charge in [-0.25, -0.2) is 0 Å². The van der Waals surface area contributed by atoms with Crippen molar-refractivity contribution in [2.45, 2.75) is 38.8 Å². The Morgan fingerprint density at radius 3 is 2.76 bits per heavy atom. The van der Waals surface area contributed by atoms with Crippen LogP contribution in [0.5, 0.6) is 0 Å². The Balaban J connectivity index is 1.70. The molecule has 2 saturated heterocycles. The maximum Gasteiger partial charge on any atom is 0.240 e. The Morgan fingerprint density at radius 1 is 1.33 bits per heavy atom. The number of rotatable bonds is 3. The number of hydrogen-bond acceptors (Lipinski definition) is 6. The molecule has 116 valence electrons. The average Bonchev–Trinajstić information content (AvgIpc) is 3.15. The molecule has 0 bridgehead atoms. The van der Waals surface area contributed by atoms with Gasteiger partial charge in [-0.1, -0.05) is 0 Å². The Bertz CT molecular complexity index is 501. The molecule has 1 aromatic heterocycles. The van der Waals surface area contributed by atoms with Crippen molar-refractivity contribution in [1.82, 2.24) is 20.0 Å². The third kappa shape index (κ3) is 3.08. The first-order chi connectivity index (χ1) is 10.2. The minimum atomic E-state index is -0.0597. The first kappa shape index (κ1) is 14.8. The molecule has 2 fully saturated rings. The smallest absolute Gasteiger partial charge is 0.240 e. The lowest BCUT2D eigenvalue weighted by atomic mass is 10.2. The minimum absolute atomic E-state index is 0.0414. The third-order valence-electron chi connectivity index (χ3n) is 4.31. The maximum atomic E-state index is 12.8. The zero-order valence-electron chi connectivity index (χ0n) is 12.6. The largest absolute Gasteiger partial charge is 0.423 e. The fourth-order valence-corrected chi connectivity index (χ4v) is 4.03. The van der Waals surface area contributed by atoms with Crippen LogP contribution in [-0.4, -0.2) is 63.1 Å². The average molecular weight is 310 g/mol. The second-order valence-corrected chi connectivity index (χ2v) is 6.90. The second kappa shape index (κ2) is 6.36. The lowest BCUT2D eigenvalue weighted by Crippen LogP contribution is -2.49. The molecular weight excluding hydrogens is 288 g/mol. The van der Waals surface area contributed by atoms with Crippen LogP contribution in [0, 0.1) is 6.92 Å². The summed E-state index contributed by atoms with van der Waals surface area (Å²) in [5.74, 6) is 3.57. The number of likely N-dealkylation sites (tertiary alicyclic amines) is 1. The lowest BCUT2D eigenvalue weighted by Gasteiger charge is -2.34. The summed E-state index contributed by atoms with van der Waals surface area (Å²) in [6.45, 7) is 6.59. The Morgan fingerprint density at radius 2 is 2.10 bits per heavy atom. The Labute approximate surface area is 129 Å². The van der Waals surface area contributed by atoms with Crippen LogP contribution in [0.1, 0.15) is 37.6 Å². The molecule has 0 aliphatic carbocycles. The molecule has 2 aliphatic rings. The predicted octanol–water partition coefficient (Wildman–Crippen LogP) is 1.48. The van der Waals surface area contributed by atoms with E-state index in [9.17, 15) is 4.79 Å². The number of carbonyl (C=O) groups excluding carboxylic acids is 1. The van der Waals surface area contributed by atoms with Gasteiger partial charge in [-0.2, -0.15) is 11.8 Å². The molecule has 0 aromatic carbocycles. The Kier molecular flexibility index (Phi) is 4.49. The first-order valence-electron chi connectivity index (χ1n) is 7.59. The van der Waals surface area contributed by atoms with Gasteiger partial charge in [0.25, 0.3) is 0 Å². The van der Waals surface area contributed by atoms with E-state index in [4.69, 9.17) is 4.42 Å². The van der Waals surface area contributed by atoms with Gasteiger partial charge in [-0.3, -0.25) is 9.69 Å². The number of nitrogens with zero attached hydrogens (tertiary/aromatic N) is 4. The molecule has 0 spiro atoms. The highest BCUT2D eigenvalue weighted by Gasteiger charge is 2.37. The molecule has 0 N–H and O–H groups in total. The SMILES string of the molecule is Cc1nnc([C@@H]2CCCN2C(=O)[C@@H](C)N2CCSCC2)o1.